The molecular weight excluding hydrogens is 265 g/mol. The number of benzene rings is 1. The van der Waals surface area contributed by atoms with Gasteiger partial charge in [0, 0.05) is 18.5 Å². The molecule has 0 N–H and O–H groups in total. The molecule has 0 atom stereocenters. The van der Waals surface area contributed by atoms with E-state index in [2.05, 4.69) is 0 Å². The number of hydrogen-bond acceptors (Lipinski definition) is 2. The Bertz CT molecular complexity index is 557. The Kier molecular flexibility index (Phi) is 2.93. The van der Waals surface area contributed by atoms with E-state index in [1.807, 2.05) is 11.0 Å². The molecule has 0 bridgehead atoms. The van der Waals surface area contributed by atoms with Crippen LogP contribution in [0.1, 0.15) is 36.8 Å². The van der Waals surface area contributed by atoms with Crippen LogP contribution in [0, 0.1) is 16.7 Å². The molecule has 5 heteroatoms. The van der Waals surface area contributed by atoms with Crippen LogP contribution in [-0.2, 0) is 6.18 Å². The number of halogens is 3. The highest BCUT2D eigenvalue weighted by Gasteiger charge is 2.45. The van der Waals surface area contributed by atoms with Crippen molar-refractivity contribution in [1.29, 1.82) is 5.26 Å². The second kappa shape index (κ2) is 4.41. The summed E-state index contributed by atoms with van der Waals surface area (Å²) in [6.07, 6.45) is 0.488. The molecule has 1 heterocycles. The van der Waals surface area contributed by atoms with Crippen LogP contribution >= 0.6 is 0 Å². The van der Waals surface area contributed by atoms with E-state index in [1.165, 1.54) is 31.7 Å². The predicted octanol–water partition coefficient (Wildman–Crippen LogP) is 3.96. The summed E-state index contributed by atoms with van der Waals surface area (Å²) >= 11 is 0. The highest BCUT2D eigenvalue weighted by atomic mass is 19.4. The molecule has 1 aromatic rings. The Balaban J connectivity index is 1.83. The van der Waals surface area contributed by atoms with E-state index in [0.29, 0.717) is 11.1 Å². The lowest BCUT2D eigenvalue weighted by molar-refractivity contribution is -0.137. The monoisotopic (exact) mass is 280 g/mol. The van der Waals surface area contributed by atoms with E-state index in [0.717, 1.165) is 25.2 Å². The molecule has 3 rings (SSSR count). The van der Waals surface area contributed by atoms with Gasteiger partial charge in [0.25, 0.3) is 0 Å². The van der Waals surface area contributed by atoms with Gasteiger partial charge in [0.2, 0.25) is 0 Å². The van der Waals surface area contributed by atoms with Gasteiger partial charge in [-0.1, -0.05) is 12.8 Å². The Hall–Kier alpha value is -1.70. The second-order valence-corrected chi connectivity index (χ2v) is 5.90. The van der Waals surface area contributed by atoms with Crippen molar-refractivity contribution in [3.05, 3.63) is 29.3 Å². The average molecular weight is 280 g/mol. The third kappa shape index (κ3) is 2.13. The number of nitriles is 1. The number of nitrogens with zero attached hydrogens (tertiary/aromatic N) is 2. The highest BCUT2D eigenvalue weighted by molar-refractivity contribution is 5.62. The summed E-state index contributed by atoms with van der Waals surface area (Å²) in [7, 11) is 0. The zero-order valence-electron chi connectivity index (χ0n) is 11.0. The molecule has 0 radical (unpaired) electrons. The second-order valence-electron chi connectivity index (χ2n) is 5.90. The molecule has 2 aliphatic rings. The van der Waals surface area contributed by atoms with Gasteiger partial charge in [-0.15, -0.1) is 0 Å². The first-order chi connectivity index (χ1) is 9.43. The summed E-state index contributed by atoms with van der Waals surface area (Å²) in [5.74, 6) is 0. The molecule has 1 saturated heterocycles. The Morgan fingerprint density at radius 1 is 1.15 bits per heavy atom. The zero-order valence-corrected chi connectivity index (χ0v) is 11.0. The van der Waals surface area contributed by atoms with E-state index in [9.17, 15) is 13.2 Å². The SMILES string of the molecule is N#Cc1cc(C(F)(F)F)ccc1N1CC2(CCCC2)C1. The van der Waals surface area contributed by atoms with Gasteiger partial charge in [-0.05, 0) is 31.0 Å². The van der Waals surface area contributed by atoms with Crippen LogP contribution < -0.4 is 4.90 Å². The fourth-order valence-electron chi connectivity index (χ4n) is 3.45. The number of hydrogen-bond donors (Lipinski definition) is 0. The van der Waals surface area contributed by atoms with Gasteiger partial charge in [-0.25, -0.2) is 0 Å². The number of anilines is 1. The average Bonchev–Trinajstić information content (AvgIpc) is 2.84. The molecule has 2 fully saturated rings. The maximum Gasteiger partial charge on any atom is 0.416 e. The molecule has 1 aromatic carbocycles. The van der Waals surface area contributed by atoms with Crippen LogP contribution in [0.25, 0.3) is 0 Å². The molecule has 0 amide bonds. The normalized spacial score (nSPS) is 20.8. The number of rotatable bonds is 1. The van der Waals surface area contributed by atoms with Crippen molar-refractivity contribution in [2.75, 3.05) is 18.0 Å². The molecule has 1 saturated carbocycles. The van der Waals surface area contributed by atoms with Gasteiger partial charge in [-0.3, -0.25) is 0 Å². The van der Waals surface area contributed by atoms with Gasteiger partial charge in [-0.2, -0.15) is 18.4 Å². The summed E-state index contributed by atoms with van der Waals surface area (Å²) in [4.78, 5) is 2.03. The van der Waals surface area contributed by atoms with Crippen LogP contribution in [-0.4, -0.2) is 13.1 Å². The van der Waals surface area contributed by atoms with E-state index >= 15 is 0 Å². The van der Waals surface area contributed by atoms with E-state index < -0.39 is 11.7 Å². The summed E-state index contributed by atoms with van der Waals surface area (Å²) in [5.41, 5.74) is 0.356. The highest BCUT2D eigenvalue weighted by Crippen LogP contribution is 2.47. The van der Waals surface area contributed by atoms with Crippen LogP contribution in [0.2, 0.25) is 0 Å². The van der Waals surface area contributed by atoms with Crippen molar-refractivity contribution < 1.29 is 13.2 Å². The minimum absolute atomic E-state index is 0.118. The quantitative estimate of drug-likeness (QED) is 0.778. The molecule has 0 unspecified atom stereocenters. The van der Waals surface area contributed by atoms with Gasteiger partial charge < -0.3 is 4.90 Å². The van der Waals surface area contributed by atoms with E-state index in [4.69, 9.17) is 5.26 Å². The number of alkyl halides is 3. The first-order valence-electron chi connectivity index (χ1n) is 6.80. The lowest BCUT2D eigenvalue weighted by Crippen LogP contribution is -2.55. The zero-order chi connectivity index (χ0) is 14.4. The summed E-state index contributed by atoms with van der Waals surface area (Å²) in [6, 6.07) is 5.35. The molecule has 2 nitrogen and oxygen atoms in total. The van der Waals surface area contributed by atoms with Crippen molar-refractivity contribution in [1.82, 2.24) is 0 Å². The largest absolute Gasteiger partial charge is 0.416 e. The van der Waals surface area contributed by atoms with Gasteiger partial charge in [0.1, 0.15) is 6.07 Å². The predicted molar refractivity (Wildman–Crippen MR) is 69.3 cm³/mol. The molecule has 20 heavy (non-hydrogen) atoms. The molecular formula is C15H15F3N2. The van der Waals surface area contributed by atoms with Crippen molar-refractivity contribution >= 4 is 5.69 Å². The van der Waals surface area contributed by atoms with Crippen LogP contribution in [0.3, 0.4) is 0 Å². The summed E-state index contributed by atoms with van der Waals surface area (Å²) in [5, 5.41) is 9.09. The fourth-order valence-corrected chi connectivity index (χ4v) is 3.45. The Labute approximate surface area is 115 Å². The lowest BCUT2D eigenvalue weighted by Gasteiger charge is -2.50. The fraction of sp³-hybridized carbons (Fsp3) is 0.533. The topological polar surface area (TPSA) is 27.0 Å². The molecule has 1 aliphatic heterocycles. The maximum absolute atomic E-state index is 12.7. The molecule has 1 spiro atoms. The smallest absolute Gasteiger partial charge is 0.369 e. The first-order valence-corrected chi connectivity index (χ1v) is 6.80. The third-order valence-electron chi connectivity index (χ3n) is 4.50. The molecule has 0 aromatic heterocycles. The maximum atomic E-state index is 12.7. The van der Waals surface area contributed by atoms with Crippen molar-refractivity contribution in [2.45, 2.75) is 31.9 Å². The first kappa shape index (κ1) is 13.3. The Morgan fingerprint density at radius 3 is 2.35 bits per heavy atom. The van der Waals surface area contributed by atoms with Crippen LogP contribution in [0.5, 0.6) is 0 Å². The van der Waals surface area contributed by atoms with Crippen molar-refractivity contribution in [3.63, 3.8) is 0 Å². The van der Waals surface area contributed by atoms with E-state index in [-0.39, 0.29) is 5.56 Å². The molecule has 1 aliphatic carbocycles. The van der Waals surface area contributed by atoms with Crippen LogP contribution in [0.15, 0.2) is 18.2 Å². The standard InChI is InChI=1S/C15H15F3N2/c16-15(17,18)12-3-4-13(11(7-12)8-19)20-9-14(10-20)5-1-2-6-14/h3-4,7H,1-2,5-6,9-10H2. The minimum atomic E-state index is -4.40. The minimum Gasteiger partial charge on any atom is -0.369 e. The third-order valence-corrected chi connectivity index (χ3v) is 4.50. The lowest BCUT2D eigenvalue weighted by atomic mass is 9.77. The van der Waals surface area contributed by atoms with Crippen LogP contribution in [0.4, 0.5) is 18.9 Å². The van der Waals surface area contributed by atoms with Gasteiger partial charge >= 0.3 is 6.18 Å². The van der Waals surface area contributed by atoms with Gasteiger partial charge in [0.05, 0.1) is 16.8 Å². The van der Waals surface area contributed by atoms with Crippen molar-refractivity contribution in [3.8, 4) is 6.07 Å². The Morgan fingerprint density at radius 2 is 1.80 bits per heavy atom. The van der Waals surface area contributed by atoms with E-state index in [1.54, 1.807) is 0 Å². The van der Waals surface area contributed by atoms with Crippen molar-refractivity contribution in [2.24, 2.45) is 5.41 Å². The summed E-state index contributed by atoms with van der Waals surface area (Å²) in [6.45, 7) is 1.74. The molecule has 106 valence electrons. The summed E-state index contributed by atoms with van der Waals surface area (Å²) < 4.78 is 38.0. The van der Waals surface area contributed by atoms with Gasteiger partial charge in [0.15, 0.2) is 0 Å².